The van der Waals surface area contributed by atoms with Gasteiger partial charge in [-0.15, -0.1) is 11.3 Å². The van der Waals surface area contributed by atoms with Gasteiger partial charge in [0.1, 0.15) is 0 Å². The third kappa shape index (κ3) is 3.19. The number of rotatable bonds is 4. The van der Waals surface area contributed by atoms with Crippen LogP contribution in [0.5, 0.6) is 0 Å². The minimum Gasteiger partial charge on any atom is -0.347 e. The van der Waals surface area contributed by atoms with Crippen LogP contribution in [0.15, 0.2) is 41.5 Å². The van der Waals surface area contributed by atoms with Gasteiger partial charge < -0.3 is 4.90 Å². The van der Waals surface area contributed by atoms with Gasteiger partial charge in [0.2, 0.25) is 0 Å². The summed E-state index contributed by atoms with van der Waals surface area (Å²) in [6, 6.07) is 7.15. The topological polar surface area (TPSA) is 63.9 Å². The Morgan fingerprint density at radius 2 is 1.92 bits per heavy atom. The molecule has 25 heavy (non-hydrogen) atoms. The van der Waals surface area contributed by atoms with Crippen molar-refractivity contribution in [1.82, 2.24) is 19.7 Å². The molecule has 0 spiro atoms. The van der Waals surface area contributed by atoms with E-state index in [4.69, 9.17) is 0 Å². The van der Waals surface area contributed by atoms with Crippen LogP contribution in [0, 0.1) is 19.8 Å². The molecule has 4 rings (SSSR count). The number of pyridine rings is 1. The Balaban J connectivity index is 1.46. The average molecular weight is 353 g/mol. The van der Waals surface area contributed by atoms with Crippen LogP contribution in [-0.4, -0.2) is 32.8 Å². The summed E-state index contributed by atoms with van der Waals surface area (Å²) in [5, 5.41) is 5.61. The van der Waals surface area contributed by atoms with Crippen molar-refractivity contribution in [2.24, 2.45) is 5.92 Å². The minimum atomic E-state index is -0.0582. The van der Waals surface area contributed by atoms with E-state index >= 15 is 0 Å². The number of aryl methyl sites for hydroxylation is 2. The molecule has 1 aliphatic heterocycles. The highest BCUT2D eigenvalue weighted by Crippen LogP contribution is 2.31. The second-order valence-corrected chi connectivity index (χ2v) is 7.57. The first-order chi connectivity index (χ1) is 12.1. The molecule has 1 aliphatic rings. The van der Waals surface area contributed by atoms with E-state index in [-0.39, 0.29) is 5.56 Å². The molecule has 3 aromatic rings. The molecule has 0 N–H and O–H groups in total. The van der Waals surface area contributed by atoms with Gasteiger partial charge in [0.05, 0.1) is 17.9 Å². The molecule has 7 heteroatoms. The Labute approximate surface area is 149 Å². The minimum absolute atomic E-state index is 0.0582. The van der Waals surface area contributed by atoms with Gasteiger partial charge in [-0.2, -0.15) is 5.10 Å². The highest BCUT2D eigenvalue weighted by molar-refractivity contribution is 7.15. The molecule has 1 saturated heterocycles. The van der Waals surface area contributed by atoms with E-state index in [0.29, 0.717) is 12.5 Å². The number of hydrogen-bond donors (Lipinski definition) is 0. The van der Waals surface area contributed by atoms with Gasteiger partial charge in [0.15, 0.2) is 5.13 Å². The summed E-state index contributed by atoms with van der Waals surface area (Å²) in [6.07, 6.45) is 3.46. The summed E-state index contributed by atoms with van der Waals surface area (Å²) in [7, 11) is 0. The molecular formula is C18H19N5OS. The second kappa shape index (κ2) is 6.40. The van der Waals surface area contributed by atoms with Crippen LogP contribution < -0.4 is 10.5 Å². The van der Waals surface area contributed by atoms with Crippen molar-refractivity contribution in [3.63, 3.8) is 0 Å². The maximum Gasteiger partial charge on any atom is 0.266 e. The Morgan fingerprint density at radius 1 is 1.16 bits per heavy atom. The summed E-state index contributed by atoms with van der Waals surface area (Å²) in [5.74, 6) is 0.419. The van der Waals surface area contributed by atoms with Crippen LogP contribution in [0.25, 0.3) is 11.3 Å². The van der Waals surface area contributed by atoms with E-state index in [0.717, 1.165) is 35.2 Å². The van der Waals surface area contributed by atoms with Gasteiger partial charge in [-0.25, -0.2) is 9.67 Å². The summed E-state index contributed by atoms with van der Waals surface area (Å²) in [5.41, 5.74) is 2.81. The normalized spacial score (nSPS) is 14.6. The molecule has 4 heterocycles. The smallest absolute Gasteiger partial charge is 0.266 e. The van der Waals surface area contributed by atoms with Crippen molar-refractivity contribution in [2.45, 2.75) is 20.4 Å². The molecule has 0 atom stereocenters. The highest BCUT2D eigenvalue weighted by atomic mass is 32.1. The van der Waals surface area contributed by atoms with Gasteiger partial charge in [-0.1, -0.05) is 0 Å². The fourth-order valence-corrected chi connectivity index (χ4v) is 3.86. The number of nitrogens with zero attached hydrogens (tertiary/aromatic N) is 5. The zero-order valence-corrected chi connectivity index (χ0v) is 15.0. The average Bonchev–Trinajstić information content (AvgIpc) is 2.91. The van der Waals surface area contributed by atoms with Gasteiger partial charge >= 0.3 is 0 Å². The van der Waals surface area contributed by atoms with Crippen LogP contribution >= 0.6 is 11.3 Å². The number of thiazole rings is 1. The van der Waals surface area contributed by atoms with Crippen LogP contribution in [0.2, 0.25) is 0 Å². The molecule has 1 fully saturated rings. The van der Waals surface area contributed by atoms with Crippen molar-refractivity contribution in [3.8, 4) is 11.3 Å². The predicted molar refractivity (Wildman–Crippen MR) is 99.0 cm³/mol. The first kappa shape index (κ1) is 16.0. The monoisotopic (exact) mass is 353 g/mol. The first-order valence-corrected chi connectivity index (χ1v) is 9.09. The van der Waals surface area contributed by atoms with Crippen LogP contribution in [-0.2, 0) is 6.54 Å². The van der Waals surface area contributed by atoms with Gasteiger partial charge in [0, 0.05) is 47.9 Å². The van der Waals surface area contributed by atoms with E-state index in [9.17, 15) is 4.79 Å². The van der Waals surface area contributed by atoms with Crippen molar-refractivity contribution in [3.05, 3.63) is 57.6 Å². The standard InChI is InChI=1S/C18H19N5OS/c1-12-13(2)25-18(20-12)22-9-14(10-22)11-23-17(24)4-3-16(21-23)15-5-7-19-8-6-15/h3-8,14H,9-11H2,1-2H3. The number of anilines is 1. The molecule has 3 aromatic heterocycles. The Kier molecular flexibility index (Phi) is 4.09. The SMILES string of the molecule is Cc1nc(N2CC(Cn3nc(-c4ccncc4)ccc3=O)C2)sc1C. The van der Waals surface area contributed by atoms with Crippen molar-refractivity contribution in [1.29, 1.82) is 0 Å². The van der Waals surface area contributed by atoms with Crippen molar-refractivity contribution >= 4 is 16.5 Å². The molecule has 6 nitrogen and oxygen atoms in total. The van der Waals surface area contributed by atoms with E-state index in [2.05, 4.69) is 26.9 Å². The maximum atomic E-state index is 12.1. The molecule has 0 aliphatic carbocycles. The fraction of sp³-hybridized carbons (Fsp3) is 0.333. The predicted octanol–water partition coefficient (Wildman–Crippen LogP) is 2.52. The van der Waals surface area contributed by atoms with E-state index in [1.807, 2.05) is 19.1 Å². The van der Waals surface area contributed by atoms with E-state index in [1.165, 1.54) is 4.88 Å². The van der Waals surface area contributed by atoms with Crippen LogP contribution in [0.4, 0.5) is 5.13 Å². The summed E-state index contributed by atoms with van der Waals surface area (Å²) >= 11 is 1.73. The Morgan fingerprint density at radius 3 is 2.60 bits per heavy atom. The first-order valence-electron chi connectivity index (χ1n) is 8.27. The maximum absolute atomic E-state index is 12.1. The van der Waals surface area contributed by atoms with Gasteiger partial charge in [-0.3, -0.25) is 9.78 Å². The summed E-state index contributed by atoms with van der Waals surface area (Å²) in [4.78, 5) is 24.3. The van der Waals surface area contributed by atoms with Crippen molar-refractivity contribution in [2.75, 3.05) is 18.0 Å². The van der Waals surface area contributed by atoms with Gasteiger partial charge in [-0.05, 0) is 32.0 Å². The third-order valence-electron chi connectivity index (χ3n) is 4.52. The Hall–Kier alpha value is -2.54. The number of hydrogen-bond acceptors (Lipinski definition) is 6. The second-order valence-electron chi connectivity index (χ2n) is 6.38. The molecule has 0 saturated carbocycles. The molecule has 128 valence electrons. The lowest BCUT2D eigenvalue weighted by molar-refractivity contribution is 0.335. The lowest BCUT2D eigenvalue weighted by Gasteiger charge is -2.39. The van der Waals surface area contributed by atoms with E-state index in [1.54, 1.807) is 40.5 Å². The third-order valence-corrected chi connectivity index (χ3v) is 5.65. The summed E-state index contributed by atoms with van der Waals surface area (Å²) < 4.78 is 1.58. The molecular weight excluding hydrogens is 334 g/mol. The quantitative estimate of drug-likeness (QED) is 0.721. The van der Waals surface area contributed by atoms with E-state index < -0.39 is 0 Å². The molecule has 0 radical (unpaired) electrons. The zero-order valence-electron chi connectivity index (χ0n) is 14.2. The molecule has 0 bridgehead atoms. The largest absolute Gasteiger partial charge is 0.347 e. The fourth-order valence-electron chi connectivity index (χ4n) is 2.93. The summed E-state index contributed by atoms with van der Waals surface area (Å²) in [6.45, 7) is 6.61. The van der Waals surface area contributed by atoms with Crippen LogP contribution in [0.3, 0.4) is 0 Å². The lowest BCUT2D eigenvalue weighted by Crippen LogP contribution is -2.49. The molecule has 0 amide bonds. The highest BCUT2D eigenvalue weighted by Gasteiger charge is 2.30. The number of aromatic nitrogens is 4. The Bertz CT molecular complexity index is 924. The van der Waals surface area contributed by atoms with Crippen LogP contribution in [0.1, 0.15) is 10.6 Å². The molecule has 0 aromatic carbocycles. The molecule has 0 unspecified atom stereocenters. The van der Waals surface area contributed by atoms with Gasteiger partial charge in [0.25, 0.3) is 5.56 Å². The lowest BCUT2D eigenvalue weighted by atomic mass is 10.0. The van der Waals surface area contributed by atoms with Crippen molar-refractivity contribution < 1.29 is 0 Å². The zero-order chi connectivity index (χ0) is 17.4.